The van der Waals surface area contributed by atoms with Gasteiger partial charge in [-0.15, -0.1) is 0 Å². The Morgan fingerprint density at radius 1 is 1.17 bits per heavy atom. The van der Waals surface area contributed by atoms with E-state index in [9.17, 15) is 4.79 Å². The molecule has 1 aromatic rings. The Labute approximate surface area is 148 Å². The first-order valence-electron chi connectivity index (χ1n) is 8.86. The van der Waals surface area contributed by atoms with E-state index in [1.807, 2.05) is 17.8 Å². The molecule has 128 valence electrons. The van der Waals surface area contributed by atoms with Crippen LogP contribution in [0.3, 0.4) is 0 Å². The zero-order valence-corrected chi connectivity index (χ0v) is 15.3. The Balaban J connectivity index is 1.30. The lowest BCUT2D eigenvalue weighted by Gasteiger charge is -2.36. The summed E-state index contributed by atoms with van der Waals surface area (Å²) in [5, 5.41) is 1.17. The lowest BCUT2D eigenvalue weighted by atomic mass is 10.1. The number of aliphatic imine (C=N–C) groups is 1. The van der Waals surface area contributed by atoms with Crippen molar-refractivity contribution in [1.29, 1.82) is 0 Å². The maximum absolute atomic E-state index is 12.7. The van der Waals surface area contributed by atoms with Gasteiger partial charge in [0.1, 0.15) is 0 Å². The average molecular weight is 343 g/mol. The van der Waals surface area contributed by atoms with Gasteiger partial charge in [0, 0.05) is 36.8 Å². The molecule has 0 bridgehead atoms. The van der Waals surface area contributed by atoms with Gasteiger partial charge in [0.15, 0.2) is 5.17 Å². The van der Waals surface area contributed by atoms with Crippen LogP contribution in [0.2, 0.25) is 0 Å². The molecule has 3 aliphatic rings. The van der Waals surface area contributed by atoms with Crippen molar-refractivity contribution in [1.82, 2.24) is 9.80 Å². The molecule has 1 aromatic carbocycles. The summed E-state index contributed by atoms with van der Waals surface area (Å²) in [6.07, 6.45) is 1.01. The van der Waals surface area contributed by atoms with Crippen molar-refractivity contribution in [3.05, 3.63) is 35.9 Å². The van der Waals surface area contributed by atoms with Crippen molar-refractivity contribution in [2.75, 3.05) is 32.7 Å². The van der Waals surface area contributed by atoms with Crippen molar-refractivity contribution in [2.45, 2.75) is 30.9 Å². The summed E-state index contributed by atoms with van der Waals surface area (Å²) in [6, 6.07) is 10.5. The molecule has 2 atom stereocenters. The molecular weight excluding hydrogens is 318 g/mol. The second-order valence-electron chi connectivity index (χ2n) is 7.63. The fourth-order valence-corrected chi connectivity index (χ4v) is 4.69. The fraction of sp³-hybridized carbons (Fsp3) is 0.579. The first-order valence-corrected chi connectivity index (χ1v) is 9.67. The van der Waals surface area contributed by atoms with Crippen LogP contribution in [-0.4, -0.2) is 58.3 Å². The molecule has 2 heterocycles. The number of piperazine rings is 1. The third kappa shape index (κ3) is 3.18. The minimum atomic E-state index is 0.205. The molecule has 0 aromatic heterocycles. The van der Waals surface area contributed by atoms with E-state index in [0.717, 1.165) is 39.1 Å². The van der Waals surface area contributed by atoms with Gasteiger partial charge in [-0.05, 0) is 31.7 Å². The topological polar surface area (TPSA) is 35.9 Å². The first kappa shape index (κ1) is 16.0. The molecule has 0 radical (unpaired) electrons. The number of thioether (sulfide) groups is 1. The van der Waals surface area contributed by atoms with Gasteiger partial charge < -0.3 is 9.80 Å². The number of amides is 1. The molecule has 0 spiro atoms. The standard InChI is InChI=1S/C19H25N3OS/c1-19(2)13-20-18(24-19)22-10-8-21(9-11-22)17(23)16-12-15(16)14-6-4-3-5-7-14/h3-7,15-16H,8-13H2,1-2H3/t15-,16-/m1/s1. The summed E-state index contributed by atoms with van der Waals surface area (Å²) in [5.41, 5.74) is 1.31. The Kier molecular flexibility index (Phi) is 4.07. The van der Waals surface area contributed by atoms with Crippen LogP contribution in [0.25, 0.3) is 0 Å². The van der Waals surface area contributed by atoms with Crippen molar-refractivity contribution >= 4 is 22.8 Å². The smallest absolute Gasteiger partial charge is 0.226 e. The van der Waals surface area contributed by atoms with Gasteiger partial charge in [-0.25, -0.2) is 0 Å². The highest BCUT2D eigenvalue weighted by Crippen LogP contribution is 2.48. The summed E-state index contributed by atoms with van der Waals surface area (Å²) < 4.78 is 0.221. The molecule has 2 fully saturated rings. The monoisotopic (exact) mass is 343 g/mol. The fourth-order valence-electron chi connectivity index (χ4n) is 3.62. The van der Waals surface area contributed by atoms with E-state index in [0.29, 0.717) is 11.8 Å². The molecule has 1 amide bonds. The Morgan fingerprint density at radius 2 is 1.88 bits per heavy atom. The second-order valence-corrected chi connectivity index (χ2v) is 9.31. The highest BCUT2D eigenvalue weighted by molar-refractivity contribution is 8.15. The molecule has 1 saturated heterocycles. The van der Waals surface area contributed by atoms with Crippen LogP contribution < -0.4 is 0 Å². The van der Waals surface area contributed by atoms with Gasteiger partial charge in [0.2, 0.25) is 5.91 Å². The molecule has 24 heavy (non-hydrogen) atoms. The lowest BCUT2D eigenvalue weighted by molar-refractivity contribution is -0.133. The zero-order valence-electron chi connectivity index (χ0n) is 14.4. The van der Waals surface area contributed by atoms with Crippen molar-refractivity contribution in [3.8, 4) is 0 Å². The van der Waals surface area contributed by atoms with E-state index in [-0.39, 0.29) is 10.7 Å². The van der Waals surface area contributed by atoms with Crippen molar-refractivity contribution < 1.29 is 4.79 Å². The van der Waals surface area contributed by atoms with Crippen LogP contribution in [0.15, 0.2) is 35.3 Å². The van der Waals surface area contributed by atoms with E-state index in [2.05, 4.69) is 52.9 Å². The molecule has 2 aliphatic heterocycles. The van der Waals surface area contributed by atoms with Gasteiger partial charge in [0.05, 0.1) is 6.54 Å². The minimum absolute atomic E-state index is 0.205. The Morgan fingerprint density at radius 3 is 2.50 bits per heavy atom. The van der Waals surface area contributed by atoms with E-state index >= 15 is 0 Å². The number of hydrogen-bond donors (Lipinski definition) is 0. The van der Waals surface area contributed by atoms with Crippen LogP contribution >= 0.6 is 11.8 Å². The van der Waals surface area contributed by atoms with Gasteiger partial charge in [0.25, 0.3) is 0 Å². The van der Waals surface area contributed by atoms with Gasteiger partial charge in [-0.3, -0.25) is 9.79 Å². The summed E-state index contributed by atoms with van der Waals surface area (Å²) in [4.78, 5) is 21.8. The SMILES string of the molecule is CC1(C)CN=C(N2CCN(C(=O)[C@@H]3C[C@@H]3c3ccccc3)CC2)S1. The molecule has 1 aliphatic carbocycles. The third-order valence-electron chi connectivity index (χ3n) is 5.16. The van der Waals surface area contributed by atoms with Crippen LogP contribution in [0, 0.1) is 5.92 Å². The summed E-state index contributed by atoms with van der Waals surface area (Å²) >= 11 is 1.87. The molecule has 4 nitrogen and oxygen atoms in total. The lowest BCUT2D eigenvalue weighted by Crippen LogP contribution is -2.50. The molecular formula is C19H25N3OS. The van der Waals surface area contributed by atoms with Crippen molar-refractivity contribution in [2.24, 2.45) is 10.9 Å². The zero-order chi connectivity index (χ0) is 16.7. The van der Waals surface area contributed by atoms with Gasteiger partial charge in [-0.1, -0.05) is 42.1 Å². The Hall–Kier alpha value is -1.49. The predicted octanol–water partition coefficient (Wildman–Crippen LogP) is 2.82. The van der Waals surface area contributed by atoms with Crippen molar-refractivity contribution in [3.63, 3.8) is 0 Å². The number of rotatable bonds is 2. The van der Waals surface area contributed by atoms with Crippen LogP contribution in [0.1, 0.15) is 31.7 Å². The number of hydrogen-bond acceptors (Lipinski definition) is 4. The number of nitrogens with zero attached hydrogens (tertiary/aromatic N) is 3. The number of benzene rings is 1. The number of carbonyl (C=O) groups excluding carboxylic acids is 1. The van der Waals surface area contributed by atoms with Crippen LogP contribution in [-0.2, 0) is 4.79 Å². The summed E-state index contributed by atoms with van der Waals surface area (Å²) in [5.74, 6) is 0.994. The van der Waals surface area contributed by atoms with E-state index in [4.69, 9.17) is 0 Å². The average Bonchev–Trinajstić information content (AvgIpc) is 3.32. The maximum Gasteiger partial charge on any atom is 0.226 e. The highest BCUT2D eigenvalue weighted by atomic mass is 32.2. The largest absolute Gasteiger partial charge is 0.348 e. The normalized spacial score (nSPS) is 28.7. The van der Waals surface area contributed by atoms with E-state index < -0.39 is 0 Å². The first-order chi connectivity index (χ1) is 11.5. The molecule has 5 heteroatoms. The van der Waals surface area contributed by atoms with Crippen LogP contribution in [0.5, 0.6) is 0 Å². The molecule has 1 saturated carbocycles. The minimum Gasteiger partial charge on any atom is -0.348 e. The summed E-state index contributed by atoms with van der Waals surface area (Å²) in [7, 11) is 0. The quantitative estimate of drug-likeness (QED) is 0.828. The van der Waals surface area contributed by atoms with Crippen LogP contribution in [0.4, 0.5) is 0 Å². The molecule has 4 rings (SSSR count). The Bertz CT molecular complexity index is 650. The molecule has 0 N–H and O–H groups in total. The second kappa shape index (κ2) is 6.10. The highest BCUT2D eigenvalue weighted by Gasteiger charge is 2.46. The van der Waals surface area contributed by atoms with E-state index in [1.165, 1.54) is 10.7 Å². The maximum atomic E-state index is 12.7. The van der Waals surface area contributed by atoms with E-state index in [1.54, 1.807) is 0 Å². The number of carbonyl (C=O) groups is 1. The van der Waals surface area contributed by atoms with Gasteiger partial charge in [-0.2, -0.15) is 0 Å². The van der Waals surface area contributed by atoms with Gasteiger partial charge >= 0.3 is 0 Å². The third-order valence-corrected chi connectivity index (χ3v) is 6.41. The predicted molar refractivity (Wildman–Crippen MR) is 99.4 cm³/mol. The number of amidine groups is 1. The molecule has 0 unspecified atom stereocenters. The summed E-state index contributed by atoms with van der Waals surface area (Å²) in [6.45, 7) is 8.86.